The number of nitrogens with two attached hydrogens (primary N) is 1. The van der Waals surface area contributed by atoms with Crippen LogP contribution in [0.3, 0.4) is 0 Å². The van der Waals surface area contributed by atoms with Gasteiger partial charge in [-0.25, -0.2) is 4.79 Å². The summed E-state index contributed by atoms with van der Waals surface area (Å²) in [6.07, 6.45) is 1.66. The SMILES string of the molecule is COC(=O)c1cc(NCC(C)S(C)=O)c(Br)cc1N. The number of ether oxygens (including phenoxy) is 1. The molecule has 7 heteroatoms. The van der Waals surface area contributed by atoms with E-state index in [2.05, 4.69) is 26.0 Å². The van der Waals surface area contributed by atoms with Gasteiger partial charge in [0.1, 0.15) is 0 Å². The molecule has 0 aliphatic heterocycles. The average molecular weight is 349 g/mol. The molecule has 5 nitrogen and oxygen atoms in total. The number of esters is 1. The predicted octanol–water partition coefficient (Wildman–Crippen LogP) is 2.00. The highest BCUT2D eigenvalue weighted by Crippen LogP contribution is 2.28. The lowest BCUT2D eigenvalue weighted by atomic mass is 10.1. The van der Waals surface area contributed by atoms with Crippen LogP contribution >= 0.6 is 15.9 Å². The minimum absolute atomic E-state index is 0.00558. The summed E-state index contributed by atoms with van der Waals surface area (Å²) in [5.74, 6) is -0.486. The van der Waals surface area contributed by atoms with Gasteiger partial charge in [0.25, 0.3) is 0 Å². The number of anilines is 2. The first-order valence-corrected chi connectivity index (χ1v) is 8.01. The zero-order valence-electron chi connectivity index (χ0n) is 11.0. The Labute approximate surface area is 123 Å². The summed E-state index contributed by atoms with van der Waals surface area (Å²) in [4.78, 5) is 11.6. The van der Waals surface area contributed by atoms with Crippen molar-refractivity contribution in [1.29, 1.82) is 0 Å². The molecule has 0 radical (unpaired) electrons. The Morgan fingerprint density at radius 1 is 1.58 bits per heavy atom. The van der Waals surface area contributed by atoms with Gasteiger partial charge in [0.05, 0.1) is 12.7 Å². The van der Waals surface area contributed by atoms with Crippen LogP contribution in [-0.4, -0.2) is 35.3 Å². The van der Waals surface area contributed by atoms with Crippen molar-refractivity contribution in [3.05, 3.63) is 22.2 Å². The molecule has 1 rings (SSSR count). The number of halogens is 1. The number of nitrogens with one attached hydrogen (secondary N) is 1. The van der Waals surface area contributed by atoms with Crippen LogP contribution < -0.4 is 11.1 Å². The number of hydrogen-bond acceptors (Lipinski definition) is 5. The van der Waals surface area contributed by atoms with Crippen LogP contribution in [0.1, 0.15) is 17.3 Å². The minimum atomic E-state index is -0.905. The van der Waals surface area contributed by atoms with Crippen molar-refractivity contribution in [2.45, 2.75) is 12.2 Å². The van der Waals surface area contributed by atoms with E-state index in [-0.39, 0.29) is 5.25 Å². The van der Waals surface area contributed by atoms with Gasteiger partial charge < -0.3 is 15.8 Å². The quantitative estimate of drug-likeness (QED) is 0.628. The number of carbonyl (C=O) groups excluding carboxylic acids is 1. The van der Waals surface area contributed by atoms with Gasteiger partial charge >= 0.3 is 5.97 Å². The second kappa shape index (κ2) is 6.91. The van der Waals surface area contributed by atoms with Crippen molar-refractivity contribution in [2.75, 3.05) is 31.0 Å². The van der Waals surface area contributed by atoms with E-state index in [1.54, 1.807) is 18.4 Å². The molecule has 0 amide bonds. The summed E-state index contributed by atoms with van der Waals surface area (Å²) in [6, 6.07) is 3.26. The van der Waals surface area contributed by atoms with Gasteiger partial charge in [0, 0.05) is 44.7 Å². The van der Waals surface area contributed by atoms with E-state index in [9.17, 15) is 9.00 Å². The highest BCUT2D eigenvalue weighted by Gasteiger charge is 2.14. The third-order valence-corrected chi connectivity index (χ3v) is 4.65. The van der Waals surface area contributed by atoms with Crippen LogP contribution in [0.15, 0.2) is 16.6 Å². The van der Waals surface area contributed by atoms with E-state index >= 15 is 0 Å². The minimum Gasteiger partial charge on any atom is -0.465 e. The van der Waals surface area contributed by atoms with E-state index in [1.165, 1.54) is 7.11 Å². The van der Waals surface area contributed by atoms with E-state index < -0.39 is 16.8 Å². The maximum absolute atomic E-state index is 11.6. The van der Waals surface area contributed by atoms with E-state index in [0.717, 1.165) is 4.47 Å². The summed E-state index contributed by atoms with van der Waals surface area (Å²) >= 11 is 3.37. The number of rotatable bonds is 5. The maximum atomic E-state index is 11.6. The average Bonchev–Trinajstić information content (AvgIpc) is 2.36. The highest BCUT2D eigenvalue weighted by molar-refractivity contribution is 9.10. The lowest BCUT2D eigenvalue weighted by Crippen LogP contribution is -2.21. The third-order valence-electron chi connectivity index (χ3n) is 2.69. The predicted molar refractivity (Wildman–Crippen MR) is 81.9 cm³/mol. The van der Waals surface area contributed by atoms with Gasteiger partial charge in [0.2, 0.25) is 0 Å². The van der Waals surface area contributed by atoms with Gasteiger partial charge in [-0.05, 0) is 35.0 Å². The van der Waals surface area contributed by atoms with Gasteiger partial charge in [0.15, 0.2) is 0 Å². The molecular weight excluding hydrogens is 332 g/mol. The van der Waals surface area contributed by atoms with Crippen LogP contribution in [0.5, 0.6) is 0 Å². The first-order chi connectivity index (χ1) is 8.86. The molecule has 1 aromatic rings. The third kappa shape index (κ3) is 4.21. The molecule has 2 unspecified atom stereocenters. The Kier molecular flexibility index (Phi) is 5.81. The Bertz CT molecular complexity index is 508. The molecule has 1 aromatic carbocycles. The fourth-order valence-electron chi connectivity index (χ4n) is 1.38. The zero-order valence-corrected chi connectivity index (χ0v) is 13.4. The van der Waals surface area contributed by atoms with E-state index in [0.29, 0.717) is 23.5 Å². The highest BCUT2D eigenvalue weighted by atomic mass is 79.9. The Morgan fingerprint density at radius 3 is 2.74 bits per heavy atom. The first-order valence-electron chi connectivity index (χ1n) is 5.60. The molecule has 0 aliphatic carbocycles. The van der Waals surface area contributed by atoms with Crippen LogP contribution in [0.25, 0.3) is 0 Å². The molecule has 0 fully saturated rings. The molecule has 0 spiro atoms. The molecule has 19 heavy (non-hydrogen) atoms. The number of nitrogen functional groups attached to an aromatic ring is 1. The lowest BCUT2D eigenvalue weighted by Gasteiger charge is -2.14. The number of carbonyl (C=O) groups is 1. The molecule has 0 aromatic heterocycles. The smallest absolute Gasteiger partial charge is 0.340 e. The molecule has 3 N–H and O–H groups in total. The van der Waals surface area contributed by atoms with Gasteiger partial charge in [-0.1, -0.05) is 0 Å². The van der Waals surface area contributed by atoms with Crippen molar-refractivity contribution in [1.82, 2.24) is 0 Å². The first kappa shape index (κ1) is 16.0. The fraction of sp³-hybridized carbons (Fsp3) is 0.417. The van der Waals surface area contributed by atoms with Gasteiger partial charge in [-0.15, -0.1) is 0 Å². The molecule has 2 atom stereocenters. The fourth-order valence-corrected chi connectivity index (χ4v) is 2.20. The Morgan fingerprint density at radius 2 is 2.21 bits per heavy atom. The molecular formula is C12H17BrN2O3S. The lowest BCUT2D eigenvalue weighted by molar-refractivity contribution is 0.0602. The Balaban J connectivity index is 2.95. The number of methoxy groups -OCH3 is 1. The number of hydrogen-bond donors (Lipinski definition) is 2. The molecule has 0 aliphatic rings. The molecule has 0 bridgehead atoms. The van der Waals surface area contributed by atoms with E-state index in [1.807, 2.05) is 6.92 Å². The molecule has 0 saturated heterocycles. The van der Waals surface area contributed by atoms with Crippen LogP contribution in [0.2, 0.25) is 0 Å². The maximum Gasteiger partial charge on any atom is 0.340 e. The van der Waals surface area contributed by atoms with Gasteiger partial charge in [-0.2, -0.15) is 0 Å². The molecule has 106 valence electrons. The second-order valence-corrected chi connectivity index (χ2v) is 6.76. The topological polar surface area (TPSA) is 81.4 Å². The second-order valence-electron chi connectivity index (χ2n) is 4.10. The monoisotopic (exact) mass is 348 g/mol. The van der Waals surface area contributed by atoms with Crippen molar-refractivity contribution >= 4 is 44.1 Å². The summed E-state index contributed by atoms with van der Waals surface area (Å²) in [5, 5.41) is 3.14. The summed E-state index contributed by atoms with van der Waals surface area (Å²) in [5.41, 5.74) is 7.13. The van der Waals surface area contributed by atoms with Gasteiger partial charge in [-0.3, -0.25) is 4.21 Å². The molecule has 0 heterocycles. The zero-order chi connectivity index (χ0) is 14.6. The summed E-state index contributed by atoms with van der Waals surface area (Å²) < 4.78 is 16.7. The standard InChI is InChI=1S/C12H17BrN2O3S/c1-7(19(3)17)6-15-11-4-8(12(16)18-2)10(14)5-9(11)13/h4-5,7,15H,6,14H2,1-3H3. The summed E-state index contributed by atoms with van der Waals surface area (Å²) in [6.45, 7) is 2.42. The number of benzene rings is 1. The van der Waals surface area contributed by atoms with E-state index in [4.69, 9.17) is 5.73 Å². The van der Waals surface area contributed by atoms with Crippen LogP contribution in [-0.2, 0) is 15.5 Å². The molecule has 0 saturated carbocycles. The van der Waals surface area contributed by atoms with Crippen molar-refractivity contribution in [3.8, 4) is 0 Å². The van der Waals surface area contributed by atoms with Crippen molar-refractivity contribution in [2.24, 2.45) is 0 Å². The largest absolute Gasteiger partial charge is 0.465 e. The normalized spacial score (nSPS) is 13.7. The van der Waals surface area contributed by atoms with Crippen LogP contribution in [0.4, 0.5) is 11.4 Å². The van der Waals surface area contributed by atoms with Crippen LogP contribution in [0, 0.1) is 0 Å². The van der Waals surface area contributed by atoms with Crippen molar-refractivity contribution < 1.29 is 13.7 Å². The Hall–Kier alpha value is -1.08. The summed E-state index contributed by atoms with van der Waals surface area (Å²) in [7, 11) is 0.400. The van der Waals surface area contributed by atoms with Crippen molar-refractivity contribution in [3.63, 3.8) is 0 Å².